The van der Waals surface area contributed by atoms with Crippen molar-refractivity contribution in [3.63, 3.8) is 0 Å². The molecule has 1 aliphatic carbocycles. The Bertz CT molecular complexity index is 504. The van der Waals surface area contributed by atoms with Gasteiger partial charge in [0.2, 0.25) is 0 Å². The summed E-state index contributed by atoms with van der Waals surface area (Å²) in [6.45, 7) is 13.5. The Morgan fingerprint density at radius 1 is 1.00 bits per heavy atom. The molecule has 0 aliphatic heterocycles. The van der Waals surface area contributed by atoms with Crippen molar-refractivity contribution < 1.29 is 9.59 Å². The molecule has 0 aromatic rings. The minimum absolute atomic E-state index is 0.0469. The fraction of sp³-hybridized carbons (Fsp3) is 0.444. The number of allylic oxidation sites excluding steroid dienone is 6. The highest BCUT2D eigenvalue weighted by atomic mass is 16.1. The van der Waals surface area contributed by atoms with Gasteiger partial charge in [0.1, 0.15) is 0 Å². The smallest absolute Gasteiger partial charge is 0.190 e. The molecular weight excluding hydrogens is 248 g/mol. The molecule has 1 atom stereocenters. The second-order valence-electron chi connectivity index (χ2n) is 5.30. The number of hydrogen-bond acceptors (Lipinski definition) is 2. The van der Waals surface area contributed by atoms with Crippen LogP contribution in [-0.4, -0.2) is 11.6 Å². The lowest BCUT2D eigenvalue weighted by atomic mass is 9.79. The van der Waals surface area contributed by atoms with E-state index in [2.05, 4.69) is 27.0 Å². The highest BCUT2D eigenvalue weighted by Crippen LogP contribution is 2.32. The highest BCUT2D eigenvalue weighted by Gasteiger charge is 2.31. The zero-order chi connectivity index (χ0) is 15.3. The Morgan fingerprint density at radius 2 is 1.50 bits per heavy atom. The van der Waals surface area contributed by atoms with Crippen LogP contribution < -0.4 is 0 Å². The number of carbonyl (C=O) groups is 2. The fourth-order valence-electron chi connectivity index (χ4n) is 2.78. The van der Waals surface area contributed by atoms with E-state index in [-0.39, 0.29) is 11.6 Å². The van der Waals surface area contributed by atoms with Crippen LogP contribution in [0.4, 0.5) is 0 Å². The summed E-state index contributed by atoms with van der Waals surface area (Å²) in [7, 11) is 0. The van der Waals surface area contributed by atoms with Crippen LogP contribution in [0.3, 0.4) is 0 Å². The Kier molecular flexibility index (Phi) is 5.87. The molecule has 0 heterocycles. The first-order valence-corrected chi connectivity index (χ1v) is 7.32. The summed E-state index contributed by atoms with van der Waals surface area (Å²) in [6.07, 6.45) is 6.35. The third kappa shape index (κ3) is 3.06. The standard InChI is InChI=1S/C18H24O2/c1-6-10-12(5)11-16-15(9-4)17(19)13(7-2)14(8-3)18(16)20/h7-8,12H,2-3,6,9-11H2,1,4-5H3. The van der Waals surface area contributed by atoms with Gasteiger partial charge in [-0.3, -0.25) is 9.59 Å². The minimum atomic E-state index is -0.0595. The van der Waals surface area contributed by atoms with Gasteiger partial charge in [-0.05, 0) is 18.8 Å². The lowest BCUT2D eigenvalue weighted by Gasteiger charge is -2.22. The van der Waals surface area contributed by atoms with E-state index in [1.165, 1.54) is 12.2 Å². The topological polar surface area (TPSA) is 34.1 Å². The van der Waals surface area contributed by atoms with Crippen molar-refractivity contribution in [3.05, 3.63) is 47.6 Å². The lowest BCUT2D eigenvalue weighted by Crippen LogP contribution is -2.23. The van der Waals surface area contributed by atoms with Crippen molar-refractivity contribution >= 4 is 11.6 Å². The third-order valence-corrected chi connectivity index (χ3v) is 3.79. The zero-order valence-corrected chi connectivity index (χ0v) is 12.8. The van der Waals surface area contributed by atoms with Gasteiger partial charge < -0.3 is 0 Å². The van der Waals surface area contributed by atoms with Gasteiger partial charge in [-0.1, -0.05) is 58.9 Å². The molecule has 1 aliphatic rings. The first-order chi connectivity index (χ1) is 9.51. The summed E-state index contributed by atoms with van der Waals surface area (Å²) in [6, 6.07) is 0. The molecule has 0 saturated heterocycles. The van der Waals surface area contributed by atoms with Gasteiger partial charge in [-0.25, -0.2) is 0 Å². The Labute approximate surface area is 122 Å². The SMILES string of the molecule is C=CC1=C(C=C)C(=O)C(CC(C)CCC)=C(CC)C1=O. The predicted molar refractivity (Wildman–Crippen MR) is 83.4 cm³/mol. The number of rotatable bonds is 7. The van der Waals surface area contributed by atoms with Crippen molar-refractivity contribution in [2.24, 2.45) is 5.92 Å². The van der Waals surface area contributed by atoms with E-state index in [1.54, 1.807) is 0 Å². The van der Waals surface area contributed by atoms with Crippen LogP contribution >= 0.6 is 0 Å². The first-order valence-electron chi connectivity index (χ1n) is 7.32. The van der Waals surface area contributed by atoms with Crippen molar-refractivity contribution in [2.45, 2.75) is 46.5 Å². The molecule has 0 amide bonds. The monoisotopic (exact) mass is 272 g/mol. The third-order valence-electron chi connectivity index (χ3n) is 3.79. The van der Waals surface area contributed by atoms with E-state index in [1.807, 2.05) is 6.92 Å². The highest BCUT2D eigenvalue weighted by molar-refractivity contribution is 6.27. The van der Waals surface area contributed by atoms with Crippen LogP contribution in [0, 0.1) is 5.92 Å². The van der Waals surface area contributed by atoms with Gasteiger partial charge in [-0.15, -0.1) is 0 Å². The lowest BCUT2D eigenvalue weighted by molar-refractivity contribution is -0.116. The van der Waals surface area contributed by atoms with E-state index < -0.39 is 0 Å². The summed E-state index contributed by atoms with van der Waals surface area (Å²) in [5, 5.41) is 0. The molecule has 20 heavy (non-hydrogen) atoms. The first kappa shape index (κ1) is 16.4. The zero-order valence-electron chi connectivity index (χ0n) is 12.8. The van der Waals surface area contributed by atoms with Gasteiger partial charge in [0.25, 0.3) is 0 Å². The number of Topliss-reactive ketones (excluding diaryl/α,β-unsaturated/α-hetero) is 2. The largest absolute Gasteiger partial charge is 0.289 e. The van der Waals surface area contributed by atoms with Crippen LogP contribution in [0.25, 0.3) is 0 Å². The number of carbonyl (C=O) groups excluding carboxylic acids is 2. The molecular formula is C18H24O2. The van der Waals surface area contributed by atoms with Gasteiger partial charge >= 0.3 is 0 Å². The summed E-state index contributed by atoms with van der Waals surface area (Å²) < 4.78 is 0. The maximum absolute atomic E-state index is 12.6. The van der Waals surface area contributed by atoms with Crippen LogP contribution in [0.2, 0.25) is 0 Å². The summed E-state index contributed by atoms with van der Waals surface area (Å²) >= 11 is 0. The Hall–Kier alpha value is -1.70. The van der Waals surface area contributed by atoms with Crippen molar-refractivity contribution in [3.8, 4) is 0 Å². The molecule has 2 nitrogen and oxygen atoms in total. The molecule has 0 radical (unpaired) electrons. The Morgan fingerprint density at radius 3 is 1.90 bits per heavy atom. The molecule has 108 valence electrons. The molecule has 0 N–H and O–H groups in total. The molecule has 0 saturated carbocycles. The van der Waals surface area contributed by atoms with Crippen LogP contribution in [0.15, 0.2) is 47.6 Å². The second kappa shape index (κ2) is 7.18. The minimum Gasteiger partial charge on any atom is -0.289 e. The number of hydrogen-bond donors (Lipinski definition) is 0. The summed E-state index contributed by atoms with van der Waals surface area (Å²) in [4.78, 5) is 25.1. The maximum Gasteiger partial charge on any atom is 0.190 e. The van der Waals surface area contributed by atoms with Crippen molar-refractivity contribution in [2.75, 3.05) is 0 Å². The van der Waals surface area contributed by atoms with Crippen molar-refractivity contribution in [1.29, 1.82) is 0 Å². The van der Waals surface area contributed by atoms with E-state index in [9.17, 15) is 9.59 Å². The molecule has 0 spiro atoms. The van der Waals surface area contributed by atoms with Crippen LogP contribution in [0.5, 0.6) is 0 Å². The van der Waals surface area contributed by atoms with Crippen molar-refractivity contribution in [1.82, 2.24) is 0 Å². The van der Waals surface area contributed by atoms with Gasteiger partial charge in [0.15, 0.2) is 11.6 Å². The molecule has 0 aromatic heterocycles. The average Bonchev–Trinajstić information content (AvgIpc) is 2.42. The summed E-state index contributed by atoms with van der Waals surface area (Å²) in [5.74, 6) is 0.301. The molecule has 1 rings (SSSR count). The van der Waals surface area contributed by atoms with Gasteiger partial charge in [0, 0.05) is 22.3 Å². The molecule has 0 aromatic carbocycles. The van der Waals surface area contributed by atoms with E-state index in [0.717, 1.165) is 12.8 Å². The molecule has 0 fully saturated rings. The van der Waals surface area contributed by atoms with Gasteiger partial charge in [0.05, 0.1) is 0 Å². The van der Waals surface area contributed by atoms with Crippen LogP contribution in [-0.2, 0) is 9.59 Å². The predicted octanol–water partition coefficient (Wildman–Crippen LogP) is 4.34. The molecule has 1 unspecified atom stereocenters. The molecule has 0 bridgehead atoms. The van der Waals surface area contributed by atoms with E-state index >= 15 is 0 Å². The average molecular weight is 272 g/mol. The quantitative estimate of drug-likeness (QED) is 0.646. The fourth-order valence-corrected chi connectivity index (χ4v) is 2.78. The van der Waals surface area contributed by atoms with Gasteiger partial charge in [-0.2, -0.15) is 0 Å². The molecule has 2 heteroatoms. The van der Waals surface area contributed by atoms with E-state index in [4.69, 9.17) is 0 Å². The Balaban J connectivity index is 3.26. The number of ketones is 2. The van der Waals surface area contributed by atoms with E-state index in [0.29, 0.717) is 41.1 Å². The maximum atomic E-state index is 12.6. The second-order valence-corrected chi connectivity index (χ2v) is 5.30. The normalized spacial score (nSPS) is 17.6. The summed E-state index contributed by atoms with van der Waals surface area (Å²) in [5.41, 5.74) is 2.13. The van der Waals surface area contributed by atoms with Crippen LogP contribution in [0.1, 0.15) is 46.5 Å².